The molecule has 102 valence electrons. The molecule has 0 saturated heterocycles. The van der Waals surface area contributed by atoms with Crippen molar-refractivity contribution < 1.29 is 4.79 Å². The standard InChI is InChI=1S/C14H24N2OS/c1-5-7-8-16(6-2)12-9-11(15)14(18-12)13(17)10(3)4/h9-10H,5-8,15H2,1-4H3. The van der Waals surface area contributed by atoms with Crippen molar-refractivity contribution in [1.29, 1.82) is 0 Å². The van der Waals surface area contributed by atoms with Crippen molar-refractivity contribution in [3.63, 3.8) is 0 Å². The smallest absolute Gasteiger partial charge is 0.177 e. The second kappa shape index (κ2) is 6.78. The van der Waals surface area contributed by atoms with Crippen LogP contribution in [0.5, 0.6) is 0 Å². The van der Waals surface area contributed by atoms with Crippen LogP contribution < -0.4 is 10.6 Å². The fourth-order valence-corrected chi connectivity index (χ4v) is 3.03. The van der Waals surface area contributed by atoms with E-state index in [9.17, 15) is 4.79 Å². The van der Waals surface area contributed by atoms with Crippen LogP contribution >= 0.6 is 11.3 Å². The topological polar surface area (TPSA) is 46.3 Å². The molecular formula is C14H24N2OS. The van der Waals surface area contributed by atoms with Crippen molar-refractivity contribution in [2.75, 3.05) is 23.7 Å². The molecule has 0 aromatic carbocycles. The highest BCUT2D eigenvalue weighted by molar-refractivity contribution is 7.18. The summed E-state index contributed by atoms with van der Waals surface area (Å²) in [7, 11) is 0. The van der Waals surface area contributed by atoms with E-state index in [1.807, 2.05) is 19.9 Å². The van der Waals surface area contributed by atoms with Gasteiger partial charge < -0.3 is 10.6 Å². The van der Waals surface area contributed by atoms with E-state index in [-0.39, 0.29) is 11.7 Å². The number of anilines is 2. The van der Waals surface area contributed by atoms with Crippen molar-refractivity contribution in [2.24, 2.45) is 5.92 Å². The highest BCUT2D eigenvalue weighted by Crippen LogP contribution is 2.33. The maximum atomic E-state index is 12.0. The number of carbonyl (C=O) groups excluding carboxylic acids is 1. The van der Waals surface area contributed by atoms with Crippen molar-refractivity contribution in [1.82, 2.24) is 0 Å². The molecule has 18 heavy (non-hydrogen) atoms. The van der Waals surface area contributed by atoms with Gasteiger partial charge in [-0.15, -0.1) is 11.3 Å². The maximum absolute atomic E-state index is 12.0. The zero-order valence-corrected chi connectivity index (χ0v) is 12.6. The second-order valence-electron chi connectivity index (χ2n) is 4.82. The lowest BCUT2D eigenvalue weighted by Crippen LogP contribution is -2.22. The molecule has 0 bridgehead atoms. The number of ketones is 1. The van der Waals surface area contributed by atoms with Crippen LogP contribution in [0.15, 0.2) is 6.07 Å². The number of nitrogen functional groups attached to an aromatic ring is 1. The van der Waals surface area contributed by atoms with Gasteiger partial charge in [0.25, 0.3) is 0 Å². The van der Waals surface area contributed by atoms with Crippen molar-refractivity contribution in [2.45, 2.75) is 40.5 Å². The predicted octanol–water partition coefficient (Wildman–Crippen LogP) is 3.80. The van der Waals surface area contributed by atoms with E-state index in [0.717, 1.165) is 23.0 Å². The Morgan fingerprint density at radius 3 is 2.61 bits per heavy atom. The van der Waals surface area contributed by atoms with Crippen LogP contribution in [-0.4, -0.2) is 18.9 Å². The third-order valence-corrected chi connectivity index (χ3v) is 4.20. The normalized spacial score (nSPS) is 10.9. The maximum Gasteiger partial charge on any atom is 0.177 e. The molecule has 1 aromatic heterocycles. The highest BCUT2D eigenvalue weighted by atomic mass is 32.1. The Hall–Kier alpha value is -1.03. The molecule has 1 rings (SSSR count). The molecule has 1 heterocycles. The number of rotatable bonds is 7. The van der Waals surface area contributed by atoms with E-state index in [1.54, 1.807) is 0 Å². The fourth-order valence-electron chi connectivity index (χ4n) is 1.78. The first-order valence-corrected chi connectivity index (χ1v) is 7.51. The van der Waals surface area contributed by atoms with E-state index < -0.39 is 0 Å². The summed E-state index contributed by atoms with van der Waals surface area (Å²) in [5, 5.41) is 1.12. The van der Waals surface area contributed by atoms with Gasteiger partial charge in [-0.1, -0.05) is 27.2 Å². The number of unbranched alkanes of at least 4 members (excludes halogenated alkanes) is 1. The van der Waals surface area contributed by atoms with Gasteiger partial charge in [-0.25, -0.2) is 0 Å². The molecule has 0 atom stereocenters. The van der Waals surface area contributed by atoms with Gasteiger partial charge in [0.15, 0.2) is 5.78 Å². The Morgan fingerprint density at radius 2 is 2.11 bits per heavy atom. The molecule has 0 fully saturated rings. The number of hydrogen-bond donors (Lipinski definition) is 1. The summed E-state index contributed by atoms with van der Waals surface area (Å²) < 4.78 is 0. The lowest BCUT2D eigenvalue weighted by molar-refractivity contribution is 0.0944. The Bertz CT molecular complexity index is 398. The quantitative estimate of drug-likeness (QED) is 0.765. The first-order valence-electron chi connectivity index (χ1n) is 6.69. The van der Waals surface area contributed by atoms with Crippen LogP contribution in [0.1, 0.15) is 50.2 Å². The molecule has 0 unspecified atom stereocenters. The van der Waals surface area contributed by atoms with Gasteiger partial charge in [-0.3, -0.25) is 4.79 Å². The molecule has 3 nitrogen and oxygen atoms in total. The Morgan fingerprint density at radius 1 is 1.44 bits per heavy atom. The molecule has 0 aliphatic rings. The first-order chi connectivity index (χ1) is 8.51. The zero-order valence-electron chi connectivity index (χ0n) is 11.8. The number of carbonyl (C=O) groups is 1. The molecule has 0 aliphatic carbocycles. The van der Waals surface area contributed by atoms with Crippen molar-refractivity contribution in [3.05, 3.63) is 10.9 Å². The van der Waals surface area contributed by atoms with Crippen LogP contribution in [0, 0.1) is 5.92 Å². The summed E-state index contributed by atoms with van der Waals surface area (Å²) in [6, 6.07) is 1.94. The van der Waals surface area contributed by atoms with Crippen LogP contribution in [0.4, 0.5) is 10.7 Å². The van der Waals surface area contributed by atoms with Crippen molar-refractivity contribution >= 4 is 27.8 Å². The van der Waals surface area contributed by atoms with Gasteiger partial charge in [0, 0.05) is 19.0 Å². The van der Waals surface area contributed by atoms with E-state index in [4.69, 9.17) is 5.73 Å². The van der Waals surface area contributed by atoms with Crippen LogP contribution in [0.25, 0.3) is 0 Å². The lowest BCUT2D eigenvalue weighted by atomic mass is 10.1. The Balaban J connectivity index is 2.91. The molecule has 0 spiro atoms. The highest BCUT2D eigenvalue weighted by Gasteiger charge is 2.19. The Kier molecular flexibility index (Phi) is 5.66. The van der Waals surface area contributed by atoms with Gasteiger partial charge >= 0.3 is 0 Å². The molecule has 1 aromatic rings. The van der Waals surface area contributed by atoms with Gasteiger partial charge in [0.1, 0.15) is 0 Å². The average Bonchev–Trinajstić information content (AvgIpc) is 2.71. The van der Waals surface area contributed by atoms with Crippen LogP contribution in [0.3, 0.4) is 0 Å². The minimum Gasteiger partial charge on any atom is -0.397 e. The number of hydrogen-bond acceptors (Lipinski definition) is 4. The molecule has 0 radical (unpaired) electrons. The summed E-state index contributed by atoms with van der Waals surface area (Å²) in [5.41, 5.74) is 6.59. The summed E-state index contributed by atoms with van der Waals surface area (Å²) in [5.74, 6) is 0.153. The minimum atomic E-state index is 0.00418. The summed E-state index contributed by atoms with van der Waals surface area (Å²) >= 11 is 1.53. The minimum absolute atomic E-state index is 0.00418. The Labute approximate surface area is 114 Å². The number of Topliss-reactive ketones (excluding diaryl/α,β-unsaturated/α-hetero) is 1. The van der Waals surface area contributed by atoms with E-state index in [1.165, 1.54) is 24.2 Å². The molecule has 0 aliphatic heterocycles. The molecule has 0 saturated carbocycles. The average molecular weight is 268 g/mol. The zero-order chi connectivity index (χ0) is 13.7. The summed E-state index contributed by atoms with van der Waals surface area (Å²) in [6.07, 6.45) is 2.34. The molecule has 4 heteroatoms. The number of thiophene rings is 1. The first kappa shape index (κ1) is 15.0. The largest absolute Gasteiger partial charge is 0.397 e. The second-order valence-corrected chi connectivity index (χ2v) is 5.85. The number of nitrogens with two attached hydrogens (primary N) is 1. The van der Waals surface area contributed by atoms with Gasteiger partial charge in [0.05, 0.1) is 15.6 Å². The monoisotopic (exact) mass is 268 g/mol. The van der Waals surface area contributed by atoms with Crippen molar-refractivity contribution in [3.8, 4) is 0 Å². The molecular weight excluding hydrogens is 244 g/mol. The summed E-state index contributed by atoms with van der Waals surface area (Å²) in [4.78, 5) is 15.0. The van der Waals surface area contributed by atoms with E-state index in [0.29, 0.717) is 5.69 Å². The van der Waals surface area contributed by atoms with Crippen LogP contribution in [0.2, 0.25) is 0 Å². The number of nitrogens with zero attached hydrogens (tertiary/aromatic N) is 1. The third kappa shape index (κ3) is 3.48. The predicted molar refractivity (Wildman–Crippen MR) is 80.7 cm³/mol. The SMILES string of the molecule is CCCCN(CC)c1cc(N)c(C(=O)C(C)C)s1. The van der Waals surface area contributed by atoms with Gasteiger partial charge in [-0.05, 0) is 19.4 Å². The van der Waals surface area contributed by atoms with Gasteiger partial charge in [0.2, 0.25) is 0 Å². The fraction of sp³-hybridized carbons (Fsp3) is 0.643. The summed E-state index contributed by atoms with van der Waals surface area (Å²) in [6.45, 7) is 10.1. The van der Waals surface area contributed by atoms with Gasteiger partial charge in [-0.2, -0.15) is 0 Å². The lowest BCUT2D eigenvalue weighted by Gasteiger charge is -2.20. The third-order valence-electron chi connectivity index (χ3n) is 2.97. The van der Waals surface area contributed by atoms with E-state index in [2.05, 4.69) is 18.7 Å². The molecule has 2 N–H and O–H groups in total. The van der Waals surface area contributed by atoms with Crippen LogP contribution in [-0.2, 0) is 0 Å². The van der Waals surface area contributed by atoms with E-state index >= 15 is 0 Å². The molecule has 0 amide bonds.